The molecular formula is C12H15ClN2. The summed E-state index contributed by atoms with van der Waals surface area (Å²) in [6.07, 6.45) is 3.17. The van der Waals surface area contributed by atoms with Gasteiger partial charge in [0, 0.05) is 6.54 Å². The van der Waals surface area contributed by atoms with Crippen LogP contribution in [0.2, 0.25) is 0 Å². The fourth-order valence-electron chi connectivity index (χ4n) is 1.73. The maximum atomic E-state index is 9.00. The van der Waals surface area contributed by atoms with E-state index in [1.54, 1.807) is 0 Å². The van der Waals surface area contributed by atoms with E-state index in [2.05, 4.69) is 23.5 Å². The zero-order valence-corrected chi connectivity index (χ0v) is 9.39. The topological polar surface area (TPSA) is 35.8 Å². The summed E-state index contributed by atoms with van der Waals surface area (Å²) in [5.74, 6) is 0. The van der Waals surface area contributed by atoms with Crippen molar-refractivity contribution in [3.05, 3.63) is 35.9 Å². The molecule has 1 saturated carbocycles. The minimum Gasteiger partial charge on any atom is -0.295 e. The van der Waals surface area contributed by atoms with Gasteiger partial charge in [0.25, 0.3) is 0 Å². The average molecular weight is 223 g/mol. The molecule has 1 N–H and O–H groups in total. The highest BCUT2D eigenvalue weighted by atomic mass is 35.5. The highest BCUT2D eigenvalue weighted by Crippen LogP contribution is 2.31. The lowest BCUT2D eigenvalue weighted by Gasteiger charge is -2.36. The lowest BCUT2D eigenvalue weighted by Crippen LogP contribution is -2.49. The Morgan fingerprint density at radius 1 is 1.27 bits per heavy atom. The van der Waals surface area contributed by atoms with Crippen LogP contribution in [0.1, 0.15) is 24.8 Å². The molecule has 1 aromatic rings. The van der Waals surface area contributed by atoms with E-state index in [9.17, 15) is 0 Å². The second-order valence-corrected chi connectivity index (χ2v) is 3.89. The number of nitriles is 1. The molecular weight excluding hydrogens is 208 g/mol. The van der Waals surface area contributed by atoms with E-state index in [0.717, 1.165) is 19.4 Å². The summed E-state index contributed by atoms with van der Waals surface area (Å²) in [4.78, 5) is 0. The number of benzene rings is 1. The minimum absolute atomic E-state index is 0. The third kappa shape index (κ3) is 2.71. The number of halogens is 1. The third-order valence-corrected chi connectivity index (χ3v) is 2.89. The molecule has 1 aliphatic rings. The molecule has 0 atom stereocenters. The first kappa shape index (κ1) is 12.0. The summed E-state index contributed by atoms with van der Waals surface area (Å²) in [7, 11) is 0. The van der Waals surface area contributed by atoms with Gasteiger partial charge in [-0.25, -0.2) is 0 Å². The van der Waals surface area contributed by atoms with Crippen LogP contribution in [-0.4, -0.2) is 5.54 Å². The van der Waals surface area contributed by atoms with Gasteiger partial charge in [-0.05, 0) is 24.8 Å². The lowest BCUT2D eigenvalue weighted by molar-refractivity contribution is 0.253. The van der Waals surface area contributed by atoms with Crippen molar-refractivity contribution in [1.82, 2.24) is 5.32 Å². The van der Waals surface area contributed by atoms with Gasteiger partial charge in [-0.2, -0.15) is 5.26 Å². The van der Waals surface area contributed by atoms with Crippen LogP contribution in [0.3, 0.4) is 0 Å². The molecule has 2 rings (SSSR count). The summed E-state index contributed by atoms with van der Waals surface area (Å²) >= 11 is 0. The van der Waals surface area contributed by atoms with Crippen LogP contribution in [0.15, 0.2) is 30.3 Å². The number of nitrogens with one attached hydrogen (secondary N) is 1. The largest absolute Gasteiger partial charge is 0.295 e. The predicted octanol–water partition coefficient (Wildman–Crippen LogP) is 2.64. The van der Waals surface area contributed by atoms with E-state index >= 15 is 0 Å². The van der Waals surface area contributed by atoms with E-state index in [1.807, 2.05) is 18.2 Å². The van der Waals surface area contributed by atoms with Gasteiger partial charge < -0.3 is 0 Å². The normalized spacial score (nSPS) is 17.0. The average Bonchev–Trinajstić information content (AvgIpc) is 2.19. The third-order valence-electron chi connectivity index (χ3n) is 2.89. The molecule has 0 amide bonds. The van der Waals surface area contributed by atoms with E-state index in [-0.39, 0.29) is 17.9 Å². The predicted molar refractivity (Wildman–Crippen MR) is 62.7 cm³/mol. The zero-order chi connectivity index (χ0) is 9.86. The van der Waals surface area contributed by atoms with Gasteiger partial charge >= 0.3 is 0 Å². The maximum absolute atomic E-state index is 9.00. The first-order valence-corrected chi connectivity index (χ1v) is 5.05. The van der Waals surface area contributed by atoms with Crippen LogP contribution < -0.4 is 5.32 Å². The van der Waals surface area contributed by atoms with Gasteiger partial charge in [0.15, 0.2) is 0 Å². The van der Waals surface area contributed by atoms with Crippen molar-refractivity contribution in [3.8, 4) is 6.07 Å². The van der Waals surface area contributed by atoms with Crippen molar-refractivity contribution < 1.29 is 0 Å². The molecule has 0 aromatic heterocycles. The molecule has 0 unspecified atom stereocenters. The molecule has 80 valence electrons. The number of hydrogen-bond acceptors (Lipinski definition) is 2. The quantitative estimate of drug-likeness (QED) is 0.854. The number of nitrogens with zero attached hydrogens (tertiary/aromatic N) is 1. The smallest absolute Gasteiger partial charge is 0.107 e. The highest BCUT2D eigenvalue weighted by molar-refractivity contribution is 5.85. The van der Waals surface area contributed by atoms with Gasteiger partial charge in [-0.3, -0.25) is 5.32 Å². The Kier molecular flexibility index (Phi) is 4.14. The van der Waals surface area contributed by atoms with E-state index in [1.165, 1.54) is 12.0 Å². The molecule has 1 aromatic carbocycles. The molecule has 0 heterocycles. The summed E-state index contributed by atoms with van der Waals surface area (Å²) in [6.45, 7) is 0.800. The Balaban J connectivity index is 0.00000112. The fourth-order valence-corrected chi connectivity index (χ4v) is 1.73. The van der Waals surface area contributed by atoms with E-state index < -0.39 is 0 Å². The maximum Gasteiger partial charge on any atom is 0.107 e. The monoisotopic (exact) mass is 222 g/mol. The van der Waals surface area contributed by atoms with Crippen LogP contribution in [0.5, 0.6) is 0 Å². The van der Waals surface area contributed by atoms with Crippen molar-refractivity contribution in [1.29, 1.82) is 5.26 Å². The summed E-state index contributed by atoms with van der Waals surface area (Å²) in [5.41, 5.74) is 1.02. The minimum atomic E-state index is -0.226. The molecule has 1 fully saturated rings. The van der Waals surface area contributed by atoms with Crippen LogP contribution in [0.25, 0.3) is 0 Å². The Bertz CT molecular complexity index is 338. The Morgan fingerprint density at radius 3 is 2.40 bits per heavy atom. The van der Waals surface area contributed by atoms with Gasteiger partial charge in [-0.15, -0.1) is 12.4 Å². The fraction of sp³-hybridized carbons (Fsp3) is 0.417. The van der Waals surface area contributed by atoms with Crippen molar-refractivity contribution in [2.45, 2.75) is 31.3 Å². The SMILES string of the molecule is Cl.N#CC1(NCc2ccccc2)CCC1. The second-order valence-electron chi connectivity index (χ2n) is 3.89. The summed E-state index contributed by atoms with van der Waals surface area (Å²) < 4.78 is 0. The van der Waals surface area contributed by atoms with Crippen molar-refractivity contribution in [3.63, 3.8) is 0 Å². The molecule has 0 bridgehead atoms. The first-order valence-electron chi connectivity index (χ1n) is 5.05. The zero-order valence-electron chi connectivity index (χ0n) is 8.57. The molecule has 2 nitrogen and oxygen atoms in total. The van der Waals surface area contributed by atoms with Crippen molar-refractivity contribution in [2.24, 2.45) is 0 Å². The van der Waals surface area contributed by atoms with Crippen LogP contribution in [0.4, 0.5) is 0 Å². The number of hydrogen-bond donors (Lipinski definition) is 1. The molecule has 3 heteroatoms. The van der Waals surface area contributed by atoms with Crippen LogP contribution in [-0.2, 0) is 6.54 Å². The first-order chi connectivity index (χ1) is 6.85. The Hall–Kier alpha value is -1.04. The van der Waals surface area contributed by atoms with E-state index in [0.29, 0.717) is 0 Å². The van der Waals surface area contributed by atoms with Gasteiger partial charge in [0.1, 0.15) is 5.54 Å². The van der Waals surface area contributed by atoms with Gasteiger partial charge in [0.2, 0.25) is 0 Å². The van der Waals surface area contributed by atoms with Crippen molar-refractivity contribution in [2.75, 3.05) is 0 Å². The second kappa shape index (κ2) is 5.16. The molecule has 0 spiro atoms. The number of rotatable bonds is 3. The molecule has 1 aliphatic carbocycles. The summed E-state index contributed by atoms with van der Waals surface area (Å²) in [5, 5.41) is 12.3. The molecule has 0 aliphatic heterocycles. The Labute approximate surface area is 96.7 Å². The highest BCUT2D eigenvalue weighted by Gasteiger charge is 2.36. The van der Waals surface area contributed by atoms with E-state index in [4.69, 9.17) is 5.26 Å². The summed E-state index contributed by atoms with van der Waals surface area (Å²) in [6, 6.07) is 12.6. The van der Waals surface area contributed by atoms with Gasteiger partial charge in [0.05, 0.1) is 6.07 Å². The standard InChI is InChI=1S/C12H14N2.ClH/c13-10-12(7-4-8-12)14-9-11-5-2-1-3-6-11;/h1-3,5-6,14H,4,7-9H2;1H. The van der Waals surface area contributed by atoms with Crippen LogP contribution >= 0.6 is 12.4 Å². The Morgan fingerprint density at radius 2 is 1.93 bits per heavy atom. The molecule has 0 saturated heterocycles. The van der Waals surface area contributed by atoms with Gasteiger partial charge in [-0.1, -0.05) is 30.3 Å². The molecule has 15 heavy (non-hydrogen) atoms. The van der Waals surface area contributed by atoms with Crippen LogP contribution in [0, 0.1) is 11.3 Å². The molecule has 0 radical (unpaired) electrons. The van der Waals surface area contributed by atoms with Crippen molar-refractivity contribution >= 4 is 12.4 Å². The lowest BCUT2D eigenvalue weighted by atomic mass is 9.78.